The predicted octanol–water partition coefficient (Wildman–Crippen LogP) is 1.01. The number of anilines is 1. The summed E-state index contributed by atoms with van der Waals surface area (Å²) in [6, 6.07) is 0.523. The molecule has 0 unspecified atom stereocenters. The minimum atomic E-state index is 0.523. The molecular weight excluding hydrogens is 166 g/mol. The molecule has 0 radical (unpaired) electrons. The van der Waals surface area contributed by atoms with E-state index in [4.69, 9.17) is 4.74 Å². The zero-order valence-corrected chi connectivity index (χ0v) is 7.86. The molecule has 1 aromatic rings. The molecule has 2 rings (SSSR count). The maximum atomic E-state index is 5.28. The molecular formula is C9H15N3O. The molecule has 1 aliphatic rings. The molecule has 13 heavy (non-hydrogen) atoms. The number of nitrogens with one attached hydrogen (secondary N) is 1. The molecule has 1 N–H and O–H groups in total. The van der Waals surface area contributed by atoms with Crippen LogP contribution in [0.5, 0.6) is 0 Å². The van der Waals surface area contributed by atoms with Crippen LogP contribution in [-0.4, -0.2) is 28.8 Å². The van der Waals surface area contributed by atoms with Crippen molar-refractivity contribution in [2.24, 2.45) is 7.05 Å². The summed E-state index contributed by atoms with van der Waals surface area (Å²) in [6.45, 7) is 1.73. The van der Waals surface area contributed by atoms with Crippen molar-refractivity contribution in [3.63, 3.8) is 0 Å². The highest BCUT2D eigenvalue weighted by molar-refractivity contribution is 5.27. The number of aryl methyl sites for hydroxylation is 1. The number of hydrogen-bond donors (Lipinski definition) is 1. The summed E-state index contributed by atoms with van der Waals surface area (Å²) in [7, 11) is 1.99. The van der Waals surface area contributed by atoms with E-state index in [1.165, 1.54) is 0 Å². The van der Waals surface area contributed by atoms with E-state index < -0.39 is 0 Å². The van der Waals surface area contributed by atoms with Crippen molar-refractivity contribution in [3.8, 4) is 0 Å². The smallest absolute Gasteiger partial charge is 0.202 e. The molecule has 0 atom stereocenters. The van der Waals surface area contributed by atoms with E-state index in [1.54, 1.807) is 0 Å². The van der Waals surface area contributed by atoms with Gasteiger partial charge in [-0.2, -0.15) is 0 Å². The van der Waals surface area contributed by atoms with Gasteiger partial charge in [0.2, 0.25) is 5.95 Å². The van der Waals surface area contributed by atoms with Gasteiger partial charge in [-0.05, 0) is 12.8 Å². The van der Waals surface area contributed by atoms with Crippen LogP contribution < -0.4 is 5.32 Å². The van der Waals surface area contributed by atoms with Gasteiger partial charge in [-0.3, -0.25) is 0 Å². The van der Waals surface area contributed by atoms with Crippen LogP contribution in [0.15, 0.2) is 12.4 Å². The number of rotatable bonds is 2. The summed E-state index contributed by atoms with van der Waals surface area (Å²) < 4.78 is 7.28. The largest absolute Gasteiger partial charge is 0.381 e. The molecule has 72 valence electrons. The van der Waals surface area contributed by atoms with Crippen LogP contribution in [-0.2, 0) is 11.8 Å². The maximum Gasteiger partial charge on any atom is 0.202 e. The Balaban J connectivity index is 1.93. The highest BCUT2D eigenvalue weighted by atomic mass is 16.5. The summed E-state index contributed by atoms with van der Waals surface area (Å²) in [6.07, 6.45) is 5.91. The van der Waals surface area contributed by atoms with Crippen LogP contribution >= 0.6 is 0 Å². The van der Waals surface area contributed by atoms with E-state index in [9.17, 15) is 0 Å². The molecule has 2 heterocycles. The van der Waals surface area contributed by atoms with E-state index in [-0.39, 0.29) is 0 Å². The van der Waals surface area contributed by atoms with Gasteiger partial charge in [-0.15, -0.1) is 0 Å². The molecule has 0 amide bonds. The quantitative estimate of drug-likeness (QED) is 0.740. The van der Waals surface area contributed by atoms with Crippen LogP contribution in [0.25, 0.3) is 0 Å². The summed E-state index contributed by atoms with van der Waals surface area (Å²) in [5.74, 6) is 0.951. The molecule has 4 heteroatoms. The second-order valence-electron chi connectivity index (χ2n) is 3.39. The van der Waals surface area contributed by atoms with Crippen molar-refractivity contribution in [2.75, 3.05) is 18.5 Å². The third-order valence-electron chi connectivity index (χ3n) is 2.38. The third kappa shape index (κ3) is 2.01. The average molecular weight is 181 g/mol. The van der Waals surface area contributed by atoms with Crippen molar-refractivity contribution < 1.29 is 4.74 Å². The summed E-state index contributed by atoms with van der Waals surface area (Å²) in [5.41, 5.74) is 0. The van der Waals surface area contributed by atoms with Gasteiger partial charge in [0.05, 0.1) is 0 Å². The van der Waals surface area contributed by atoms with E-state index in [2.05, 4.69) is 10.3 Å². The van der Waals surface area contributed by atoms with Crippen molar-refractivity contribution in [3.05, 3.63) is 12.4 Å². The van der Waals surface area contributed by atoms with Crippen LogP contribution in [0, 0.1) is 0 Å². The van der Waals surface area contributed by atoms with Gasteiger partial charge in [0.25, 0.3) is 0 Å². The van der Waals surface area contributed by atoms with Gasteiger partial charge in [0.15, 0.2) is 0 Å². The van der Waals surface area contributed by atoms with Gasteiger partial charge in [-0.1, -0.05) is 0 Å². The Morgan fingerprint density at radius 2 is 2.31 bits per heavy atom. The Kier molecular flexibility index (Phi) is 2.49. The number of hydrogen-bond acceptors (Lipinski definition) is 3. The predicted molar refractivity (Wildman–Crippen MR) is 50.7 cm³/mol. The summed E-state index contributed by atoms with van der Waals surface area (Å²) in [4.78, 5) is 4.22. The Morgan fingerprint density at radius 3 is 2.92 bits per heavy atom. The van der Waals surface area contributed by atoms with Crippen molar-refractivity contribution in [1.82, 2.24) is 9.55 Å². The Labute approximate surface area is 77.9 Å². The van der Waals surface area contributed by atoms with E-state index in [0.717, 1.165) is 32.0 Å². The first-order chi connectivity index (χ1) is 6.36. The van der Waals surface area contributed by atoms with Crippen LogP contribution in [0.2, 0.25) is 0 Å². The molecule has 1 saturated heterocycles. The SMILES string of the molecule is Cn1ccnc1NC1CCOCC1. The second-order valence-corrected chi connectivity index (χ2v) is 3.39. The molecule has 1 aliphatic heterocycles. The monoisotopic (exact) mass is 181 g/mol. The van der Waals surface area contributed by atoms with Gasteiger partial charge >= 0.3 is 0 Å². The van der Waals surface area contributed by atoms with Crippen LogP contribution in [0.4, 0.5) is 5.95 Å². The van der Waals surface area contributed by atoms with Crippen LogP contribution in [0.3, 0.4) is 0 Å². The highest BCUT2D eigenvalue weighted by Crippen LogP contribution is 2.12. The zero-order valence-electron chi connectivity index (χ0n) is 7.86. The van der Waals surface area contributed by atoms with Gasteiger partial charge < -0.3 is 14.6 Å². The molecule has 0 bridgehead atoms. The fourth-order valence-corrected chi connectivity index (χ4v) is 1.53. The Bertz CT molecular complexity index is 266. The minimum absolute atomic E-state index is 0.523. The van der Waals surface area contributed by atoms with Gasteiger partial charge in [0, 0.05) is 38.7 Å². The summed E-state index contributed by atoms with van der Waals surface area (Å²) >= 11 is 0. The molecule has 0 aromatic carbocycles. The lowest BCUT2D eigenvalue weighted by Gasteiger charge is -2.23. The molecule has 1 aromatic heterocycles. The molecule has 1 fully saturated rings. The first-order valence-electron chi connectivity index (χ1n) is 4.68. The molecule has 0 aliphatic carbocycles. The lowest BCUT2D eigenvalue weighted by atomic mass is 10.1. The normalized spacial score (nSPS) is 18.8. The van der Waals surface area contributed by atoms with Crippen molar-refractivity contribution in [1.29, 1.82) is 0 Å². The Hall–Kier alpha value is -1.03. The number of imidazole rings is 1. The zero-order chi connectivity index (χ0) is 9.10. The lowest BCUT2D eigenvalue weighted by molar-refractivity contribution is 0.0902. The Morgan fingerprint density at radius 1 is 1.54 bits per heavy atom. The number of ether oxygens (including phenoxy) is 1. The van der Waals surface area contributed by atoms with E-state index in [0.29, 0.717) is 6.04 Å². The van der Waals surface area contributed by atoms with Gasteiger partial charge in [0.1, 0.15) is 0 Å². The van der Waals surface area contributed by atoms with Crippen molar-refractivity contribution in [2.45, 2.75) is 18.9 Å². The standard InChI is InChI=1S/C9H15N3O/c1-12-5-4-10-9(12)11-8-2-6-13-7-3-8/h4-5,8H,2-3,6-7H2,1H3,(H,10,11). The fourth-order valence-electron chi connectivity index (χ4n) is 1.53. The van der Waals surface area contributed by atoms with E-state index >= 15 is 0 Å². The topological polar surface area (TPSA) is 39.1 Å². The molecule has 0 spiro atoms. The van der Waals surface area contributed by atoms with Gasteiger partial charge in [-0.25, -0.2) is 4.98 Å². The van der Waals surface area contributed by atoms with E-state index in [1.807, 2.05) is 24.0 Å². The number of nitrogens with zero attached hydrogens (tertiary/aromatic N) is 2. The first-order valence-corrected chi connectivity index (χ1v) is 4.68. The number of aromatic nitrogens is 2. The minimum Gasteiger partial charge on any atom is -0.381 e. The maximum absolute atomic E-state index is 5.28. The summed E-state index contributed by atoms with van der Waals surface area (Å²) in [5, 5.41) is 3.40. The average Bonchev–Trinajstić information content (AvgIpc) is 2.54. The van der Waals surface area contributed by atoms with Crippen LogP contribution in [0.1, 0.15) is 12.8 Å². The molecule has 0 saturated carbocycles. The lowest BCUT2D eigenvalue weighted by Crippen LogP contribution is -2.28. The third-order valence-corrected chi connectivity index (χ3v) is 2.38. The highest BCUT2D eigenvalue weighted by Gasteiger charge is 2.14. The molecule has 4 nitrogen and oxygen atoms in total. The van der Waals surface area contributed by atoms with Crippen molar-refractivity contribution >= 4 is 5.95 Å². The fraction of sp³-hybridized carbons (Fsp3) is 0.667. The first kappa shape index (κ1) is 8.56. The second kappa shape index (κ2) is 3.79.